The summed E-state index contributed by atoms with van der Waals surface area (Å²) in [6, 6.07) is 5.84. The number of carbonyl (C=O) groups excluding carboxylic acids is 2. The van der Waals surface area contributed by atoms with Crippen LogP contribution in [0.2, 0.25) is 5.02 Å². The zero-order valence-corrected chi connectivity index (χ0v) is 18.0. The highest BCUT2D eigenvalue weighted by molar-refractivity contribution is 6.31. The molecule has 0 saturated carbocycles. The number of carbonyl (C=O) groups is 2. The van der Waals surface area contributed by atoms with Crippen molar-refractivity contribution in [2.75, 3.05) is 36.5 Å². The van der Waals surface area contributed by atoms with Crippen LogP contribution in [-0.4, -0.2) is 54.3 Å². The number of nitrogens with one attached hydrogen (secondary N) is 2. The normalized spacial score (nSPS) is 23.9. The number of cyclic esters (lactones) is 1. The first-order valence-electron chi connectivity index (χ1n) is 10.5. The minimum atomic E-state index is -0.491. The Hall–Kier alpha value is -2.95. The molecule has 1 saturated heterocycles. The smallest absolute Gasteiger partial charge is 0.415 e. The number of hydrogen-bond acceptors (Lipinski definition) is 8. The summed E-state index contributed by atoms with van der Waals surface area (Å²) in [5, 5.41) is 6.79. The Bertz CT molecular complexity index is 1070. The highest BCUT2D eigenvalue weighted by Gasteiger charge is 2.35. The van der Waals surface area contributed by atoms with Crippen molar-refractivity contribution in [2.24, 2.45) is 11.7 Å². The number of fused-ring (bicyclic) bond motifs is 2. The van der Waals surface area contributed by atoms with Crippen molar-refractivity contribution in [3.05, 3.63) is 40.5 Å². The van der Waals surface area contributed by atoms with E-state index in [-0.39, 0.29) is 42.3 Å². The number of amides is 2. The van der Waals surface area contributed by atoms with Gasteiger partial charge in [0.1, 0.15) is 6.10 Å². The van der Waals surface area contributed by atoms with Gasteiger partial charge < -0.3 is 25.8 Å². The molecule has 168 valence electrons. The molecule has 32 heavy (non-hydrogen) atoms. The van der Waals surface area contributed by atoms with Gasteiger partial charge in [0.15, 0.2) is 18.2 Å². The maximum absolute atomic E-state index is 12.3. The largest absolute Gasteiger partial charge is 0.465 e. The number of ether oxygens (including phenoxy) is 2. The predicted molar refractivity (Wildman–Crippen MR) is 117 cm³/mol. The van der Waals surface area contributed by atoms with E-state index in [0.717, 1.165) is 29.1 Å². The lowest BCUT2D eigenvalue weighted by molar-refractivity contribution is -0.118. The molecular weight excluding hydrogens is 436 g/mol. The SMILES string of the molecule is N[C@@H]1c2cccc(Cl)c2C[C@H]1CNCCC1CN(c2cnc3c(n2)NC(=O)CO3)C(=O)O1. The van der Waals surface area contributed by atoms with E-state index in [4.69, 9.17) is 26.8 Å². The second-order valence-electron chi connectivity index (χ2n) is 8.13. The molecule has 2 aromatic rings. The van der Waals surface area contributed by atoms with Gasteiger partial charge in [-0.15, -0.1) is 0 Å². The second kappa shape index (κ2) is 8.53. The number of nitrogens with two attached hydrogens (primary N) is 1. The van der Waals surface area contributed by atoms with Crippen molar-refractivity contribution in [1.29, 1.82) is 0 Å². The van der Waals surface area contributed by atoms with E-state index in [9.17, 15) is 9.59 Å². The Balaban J connectivity index is 1.12. The van der Waals surface area contributed by atoms with Gasteiger partial charge in [0.25, 0.3) is 11.8 Å². The van der Waals surface area contributed by atoms with Crippen LogP contribution in [0.15, 0.2) is 24.4 Å². The first-order chi connectivity index (χ1) is 15.5. The molecule has 0 spiro atoms. The molecule has 10 nitrogen and oxygen atoms in total. The zero-order chi connectivity index (χ0) is 22.2. The van der Waals surface area contributed by atoms with Gasteiger partial charge in [0.05, 0.1) is 12.7 Å². The van der Waals surface area contributed by atoms with E-state index >= 15 is 0 Å². The van der Waals surface area contributed by atoms with Crippen LogP contribution in [0.1, 0.15) is 23.6 Å². The van der Waals surface area contributed by atoms with Gasteiger partial charge in [-0.2, -0.15) is 0 Å². The summed E-state index contributed by atoms with van der Waals surface area (Å²) >= 11 is 6.31. The van der Waals surface area contributed by atoms with E-state index in [1.165, 1.54) is 11.1 Å². The van der Waals surface area contributed by atoms with Crippen LogP contribution >= 0.6 is 11.6 Å². The fourth-order valence-electron chi connectivity index (χ4n) is 4.34. The van der Waals surface area contributed by atoms with Crippen LogP contribution in [0.3, 0.4) is 0 Å². The maximum atomic E-state index is 12.3. The topological polar surface area (TPSA) is 132 Å². The number of benzene rings is 1. The van der Waals surface area contributed by atoms with Crippen LogP contribution in [0.5, 0.6) is 5.88 Å². The number of aromatic nitrogens is 2. The van der Waals surface area contributed by atoms with Crippen LogP contribution < -0.4 is 26.0 Å². The van der Waals surface area contributed by atoms with Crippen molar-refractivity contribution in [1.82, 2.24) is 15.3 Å². The average Bonchev–Trinajstić information content (AvgIpc) is 3.31. The molecule has 0 radical (unpaired) electrons. The van der Waals surface area contributed by atoms with Gasteiger partial charge in [-0.25, -0.2) is 14.8 Å². The molecule has 3 atom stereocenters. The maximum Gasteiger partial charge on any atom is 0.415 e. The Labute approximate surface area is 189 Å². The molecular formula is C21H23ClN6O4. The van der Waals surface area contributed by atoms with Crippen molar-refractivity contribution >= 4 is 35.2 Å². The van der Waals surface area contributed by atoms with Crippen LogP contribution in [0.25, 0.3) is 0 Å². The third-order valence-corrected chi connectivity index (χ3v) is 6.37. The number of halogens is 1. The van der Waals surface area contributed by atoms with Gasteiger partial charge in [-0.1, -0.05) is 23.7 Å². The molecule has 1 aliphatic carbocycles. The first-order valence-corrected chi connectivity index (χ1v) is 10.9. The number of rotatable bonds is 6. The third kappa shape index (κ3) is 3.96. The molecule has 2 aliphatic heterocycles. The lowest BCUT2D eigenvalue weighted by atomic mass is 10.0. The summed E-state index contributed by atoms with van der Waals surface area (Å²) in [5.41, 5.74) is 8.66. The van der Waals surface area contributed by atoms with E-state index < -0.39 is 6.09 Å². The minimum Gasteiger partial charge on any atom is -0.465 e. The molecule has 5 rings (SSSR count). The summed E-state index contributed by atoms with van der Waals surface area (Å²) in [5.74, 6) is 0.697. The van der Waals surface area contributed by atoms with Gasteiger partial charge >= 0.3 is 6.09 Å². The molecule has 1 fully saturated rings. The molecule has 1 unspecified atom stereocenters. The lowest BCUT2D eigenvalue weighted by Crippen LogP contribution is -2.32. The summed E-state index contributed by atoms with van der Waals surface area (Å²) in [6.07, 6.45) is 2.17. The second-order valence-corrected chi connectivity index (χ2v) is 8.53. The number of hydrogen-bond donors (Lipinski definition) is 3. The van der Waals surface area contributed by atoms with Gasteiger partial charge in [-0.3, -0.25) is 9.69 Å². The summed E-state index contributed by atoms with van der Waals surface area (Å²) < 4.78 is 10.7. The van der Waals surface area contributed by atoms with Crippen LogP contribution in [0.4, 0.5) is 16.4 Å². The monoisotopic (exact) mass is 458 g/mol. The fourth-order valence-corrected chi connectivity index (χ4v) is 4.60. The molecule has 1 aromatic heterocycles. The van der Waals surface area contributed by atoms with Gasteiger partial charge in [-0.05, 0) is 42.5 Å². The van der Waals surface area contributed by atoms with E-state index in [1.807, 2.05) is 18.2 Å². The van der Waals surface area contributed by atoms with E-state index in [0.29, 0.717) is 25.3 Å². The zero-order valence-electron chi connectivity index (χ0n) is 17.2. The predicted octanol–water partition coefficient (Wildman–Crippen LogP) is 1.64. The van der Waals surface area contributed by atoms with Gasteiger partial charge in [0, 0.05) is 17.6 Å². The van der Waals surface area contributed by atoms with Crippen LogP contribution in [-0.2, 0) is 16.0 Å². The quantitative estimate of drug-likeness (QED) is 0.556. The molecule has 3 aliphatic rings. The molecule has 11 heteroatoms. The number of anilines is 2. The molecule has 4 N–H and O–H groups in total. The Morgan fingerprint density at radius 3 is 3.06 bits per heavy atom. The molecule has 1 aromatic carbocycles. The van der Waals surface area contributed by atoms with E-state index in [2.05, 4.69) is 20.6 Å². The Morgan fingerprint density at radius 1 is 1.34 bits per heavy atom. The number of nitrogens with zero attached hydrogens (tertiary/aromatic N) is 3. The molecule has 2 amide bonds. The van der Waals surface area contributed by atoms with Crippen LogP contribution in [0, 0.1) is 5.92 Å². The van der Waals surface area contributed by atoms with Crippen molar-refractivity contribution in [3.8, 4) is 5.88 Å². The average molecular weight is 459 g/mol. The minimum absolute atomic E-state index is 0.0388. The summed E-state index contributed by atoms with van der Waals surface area (Å²) in [6.45, 7) is 1.69. The van der Waals surface area contributed by atoms with E-state index in [1.54, 1.807) is 0 Å². The van der Waals surface area contributed by atoms with Crippen molar-refractivity contribution in [2.45, 2.75) is 25.0 Å². The first kappa shape index (κ1) is 20.9. The summed E-state index contributed by atoms with van der Waals surface area (Å²) in [4.78, 5) is 33.6. The van der Waals surface area contributed by atoms with Crippen molar-refractivity contribution < 1.29 is 19.1 Å². The Morgan fingerprint density at radius 2 is 2.22 bits per heavy atom. The van der Waals surface area contributed by atoms with Crippen molar-refractivity contribution in [3.63, 3.8) is 0 Å². The van der Waals surface area contributed by atoms with Gasteiger partial charge in [0.2, 0.25) is 0 Å². The third-order valence-electron chi connectivity index (χ3n) is 6.01. The molecule has 3 heterocycles. The fraction of sp³-hybridized carbons (Fsp3) is 0.429. The Kier molecular flexibility index (Phi) is 5.58. The standard InChI is InChI=1S/C21H23ClN6O4/c22-15-3-1-2-13-14(15)6-11(18(13)23)7-24-5-4-12-9-28(21(30)32-12)16-8-25-20-19(26-16)27-17(29)10-31-20/h1-3,8,11-12,18,24H,4-7,9-10,23H2,(H,26,27,29)/t11-,12?,18-/m0/s1. The summed E-state index contributed by atoms with van der Waals surface area (Å²) in [7, 11) is 0. The highest BCUT2D eigenvalue weighted by atomic mass is 35.5. The lowest BCUT2D eigenvalue weighted by Gasteiger charge is -2.18. The molecule has 0 bridgehead atoms. The highest BCUT2D eigenvalue weighted by Crippen LogP contribution is 2.37.